The minimum absolute atomic E-state index is 0.0127. The van der Waals surface area contributed by atoms with Crippen LogP contribution in [0.3, 0.4) is 0 Å². The molecule has 0 bridgehead atoms. The Kier molecular flexibility index (Phi) is 3.88. The van der Waals surface area contributed by atoms with Crippen LogP contribution in [-0.4, -0.2) is 5.11 Å². The molecule has 19 heavy (non-hydrogen) atoms. The monoisotopic (exact) mass is 276 g/mol. The van der Waals surface area contributed by atoms with Gasteiger partial charge in [0, 0.05) is 12.1 Å². The number of halogens is 2. The summed E-state index contributed by atoms with van der Waals surface area (Å²) in [7, 11) is 0. The number of benzene rings is 2. The van der Waals surface area contributed by atoms with Gasteiger partial charge in [-0.15, -0.1) is 0 Å². The van der Waals surface area contributed by atoms with Crippen LogP contribution in [0.25, 0.3) is 0 Å². The van der Waals surface area contributed by atoms with Gasteiger partial charge in [-0.2, -0.15) is 5.26 Å². The molecule has 0 aliphatic carbocycles. The van der Waals surface area contributed by atoms with E-state index in [-0.39, 0.29) is 12.3 Å². The van der Waals surface area contributed by atoms with Crippen LogP contribution in [0.1, 0.15) is 11.1 Å². The van der Waals surface area contributed by atoms with Gasteiger partial charge in [0.2, 0.25) is 0 Å². The molecule has 0 fully saturated rings. The highest BCUT2D eigenvalue weighted by Gasteiger charge is 2.05. The maximum atomic E-state index is 13.0. The standard InChI is InChI=1S/C14H10ClFN2O/c15-12-5-9(7-17)1-3-13(12)18-8-10-6-11(16)2-4-14(10)19/h1-6,18-19H,8H2. The largest absolute Gasteiger partial charge is 0.508 e. The summed E-state index contributed by atoms with van der Waals surface area (Å²) in [6, 6.07) is 10.5. The molecule has 0 saturated heterocycles. The normalized spacial score (nSPS) is 9.95. The second-order valence-electron chi connectivity index (χ2n) is 3.93. The van der Waals surface area contributed by atoms with E-state index in [0.717, 1.165) is 0 Å². The highest BCUT2D eigenvalue weighted by molar-refractivity contribution is 6.33. The molecule has 2 rings (SSSR count). The SMILES string of the molecule is N#Cc1ccc(NCc2cc(F)ccc2O)c(Cl)c1. The van der Waals surface area contributed by atoms with Gasteiger partial charge in [0.1, 0.15) is 11.6 Å². The average Bonchev–Trinajstić information content (AvgIpc) is 2.40. The number of anilines is 1. The maximum absolute atomic E-state index is 13.0. The summed E-state index contributed by atoms with van der Waals surface area (Å²) in [6.45, 7) is 0.231. The molecule has 2 aromatic rings. The fourth-order valence-electron chi connectivity index (χ4n) is 1.61. The molecule has 0 amide bonds. The van der Waals surface area contributed by atoms with Crippen molar-refractivity contribution < 1.29 is 9.50 Å². The van der Waals surface area contributed by atoms with E-state index in [2.05, 4.69) is 5.32 Å². The van der Waals surface area contributed by atoms with Gasteiger partial charge in [0.25, 0.3) is 0 Å². The lowest BCUT2D eigenvalue weighted by molar-refractivity contribution is 0.466. The average molecular weight is 277 g/mol. The molecule has 96 valence electrons. The highest BCUT2D eigenvalue weighted by atomic mass is 35.5. The van der Waals surface area contributed by atoms with E-state index in [1.807, 2.05) is 6.07 Å². The van der Waals surface area contributed by atoms with E-state index in [0.29, 0.717) is 21.8 Å². The van der Waals surface area contributed by atoms with E-state index in [1.165, 1.54) is 24.3 Å². The van der Waals surface area contributed by atoms with Crippen LogP contribution in [0, 0.1) is 17.1 Å². The Labute approximate surface area is 114 Å². The number of nitriles is 1. The van der Waals surface area contributed by atoms with Crippen molar-refractivity contribution >= 4 is 17.3 Å². The molecule has 3 nitrogen and oxygen atoms in total. The van der Waals surface area contributed by atoms with Crippen LogP contribution in [0.5, 0.6) is 5.75 Å². The summed E-state index contributed by atoms with van der Waals surface area (Å²) >= 11 is 6.00. The first-order valence-corrected chi connectivity index (χ1v) is 5.89. The molecule has 0 saturated carbocycles. The van der Waals surface area contributed by atoms with Crippen LogP contribution in [0.15, 0.2) is 36.4 Å². The first-order valence-electron chi connectivity index (χ1n) is 5.51. The van der Waals surface area contributed by atoms with Crippen molar-refractivity contribution in [2.24, 2.45) is 0 Å². The molecule has 0 atom stereocenters. The van der Waals surface area contributed by atoms with Crippen LogP contribution in [0.4, 0.5) is 10.1 Å². The summed E-state index contributed by atoms with van der Waals surface area (Å²) in [5.74, 6) is -0.404. The van der Waals surface area contributed by atoms with Crippen molar-refractivity contribution in [2.75, 3.05) is 5.32 Å². The van der Waals surface area contributed by atoms with Gasteiger partial charge in [-0.05, 0) is 36.4 Å². The summed E-state index contributed by atoms with van der Waals surface area (Å²) in [5, 5.41) is 21.7. The molecule has 0 aromatic heterocycles. The number of aromatic hydroxyl groups is 1. The predicted octanol–water partition coefficient (Wildman–Crippen LogP) is 3.67. The zero-order valence-corrected chi connectivity index (χ0v) is 10.6. The fourth-order valence-corrected chi connectivity index (χ4v) is 1.86. The Hall–Kier alpha value is -2.25. The molecular weight excluding hydrogens is 267 g/mol. The second-order valence-corrected chi connectivity index (χ2v) is 4.34. The fraction of sp³-hybridized carbons (Fsp3) is 0.0714. The third kappa shape index (κ3) is 3.15. The number of nitrogens with zero attached hydrogens (tertiary/aromatic N) is 1. The van der Waals surface area contributed by atoms with Crippen molar-refractivity contribution in [2.45, 2.75) is 6.54 Å². The smallest absolute Gasteiger partial charge is 0.123 e. The van der Waals surface area contributed by atoms with Gasteiger partial charge < -0.3 is 10.4 Å². The molecular formula is C14H10ClFN2O. The Morgan fingerprint density at radius 2 is 2.05 bits per heavy atom. The molecule has 0 spiro atoms. The van der Waals surface area contributed by atoms with Crippen molar-refractivity contribution in [1.29, 1.82) is 5.26 Å². The van der Waals surface area contributed by atoms with Gasteiger partial charge in [0.05, 0.1) is 22.3 Å². The van der Waals surface area contributed by atoms with E-state index >= 15 is 0 Å². The first-order chi connectivity index (χ1) is 9.10. The van der Waals surface area contributed by atoms with Gasteiger partial charge in [0.15, 0.2) is 0 Å². The van der Waals surface area contributed by atoms with E-state index < -0.39 is 5.82 Å². The molecule has 2 aromatic carbocycles. The van der Waals surface area contributed by atoms with E-state index in [9.17, 15) is 9.50 Å². The quantitative estimate of drug-likeness (QED) is 0.899. The number of phenols is 1. The van der Waals surface area contributed by atoms with E-state index in [4.69, 9.17) is 16.9 Å². The topological polar surface area (TPSA) is 56.0 Å². The third-order valence-corrected chi connectivity index (χ3v) is 2.92. The van der Waals surface area contributed by atoms with Gasteiger partial charge in [-0.3, -0.25) is 0 Å². The molecule has 0 aliphatic rings. The van der Waals surface area contributed by atoms with Crippen LogP contribution in [-0.2, 0) is 6.54 Å². The Morgan fingerprint density at radius 3 is 2.74 bits per heavy atom. The molecule has 0 aliphatic heterocycles. The van der Waals surface area contributed by atoms with Gasteiger partial charge in [-0.25, -0.2) is 4.39 Å². The third-order valence-electron chi connectivity index (χ3n) is 2.61. The summed E-state index contributed by atoms with van der Waals surface area (Å²) in [4.78, 5) is 0. The number of nitrogens with one attached hydrogen (secondary N) is 1. The van der Waals surface area contributed by atoms with Crippen molar-refractivity contribution in [3.05, 3.63) is 58.4 Å². The lowest BCUT2D eigenvalue weighted by Crippen LogP contribution is -2.01. The first kappa shape index (κ1) is 13.2. The summed E-state index contributed by atoms with van der Waals surface area (Å²) in [5.41, 5.74) is 1.51. The van der Waals surface area contributed by atoms with Gasteiger partial charge >= 0.3 is 0 Å². The molecule has 0 unspecified atom stereocenters. The summed E-state index contributed by atoms with van der Waals surface area (Å²) < 4.78 is 13.0. The van der Waals surface area contributed by atoms with Crippen LogP contribution in [0.2, 0.25) is 5.02 Å². The predicted molar refractivity (Wildman–Crippen MR) is 71.6 cm³/mol. The minimum Gasteiger partial charge on any atom is -0.508 e. The highest BCUT2D eigenvalue weighted by Crippen LogP contribution is 2.25. The van der Waals surface area contributed by atoms with Gasteiger partial charge in [-0.1, -0.05) is 11.6 Å². The Bertz CT molecular complexity index is 652. The lowest BCUT2D eigenvalue weighted by atomic mass is 10.1. The van der Waals surface area contributed by atoms with Crippen molar-refractivity contribution in [3.8, 4) is 11.8 Å². The molecule has 2 N–H and O–H groups in total. The molecule has 5 heteroatoms. The molecule has 0 heterocycles. The van der Waals surface area contributed by atoms with Crippen molar-refractivity contribution in [3.63, 3.8) is 0 Å². The minimum atomic E-state index is -0.416. The lowest BCUT2D eigenvalue weighted by Gasteiger charge is -2.10. The van der Waals surface area contributed by atoms with Crippen molar-refractivity contribution in [1.82, 2.24) is 0 Å². The second kappa shape index (κ2) is 5.59. The van der Waals surface area contributed by atoms with Crippen LogP contribution >= 0.6 is 11.6 Å². The number of hydrogen-bond donors (Lipinski definition) is 2. The maximum Gasteiger partial charge on any atom is 0.123 e. The number of rotatable bonds is 3. The van der Waals surface area contributed by atoms with E-state index in [1.54, 1.807) is 12.1 Å². The Morgan fingerprint density at radius 1 is 1.26 bits per heavy atom. The number of phenolic OH excluding ortho intramolecular Hbond substituents is 1. The van der Waals surface area contributed by atoms with Crippen LogP contribution < -0.4 is 5.32 Å². The zero-order chi connectivity index (χ0) is 13.8. The number of hydrogen-bond acceptors (Lipinski definition) is 3. The Balaban J connectivity index is 2.15. The summed E-state index contributed by atoms with van der Waals surface area (Å²) in [6.07, 6.45) is 0. The zero-order valence-electron chi connectivity index (χ0n) is 9.82. The molecule has 0 radical (unpaired) electrons.